The molecule has 0 bridgehead atoms. The van der Waals surface area contributed by atoms with Gasteiger partial charge in [0.1, 0.15) is 23.0 Å². The number of rotatable bonds is 8. The van der Waals surface area contributed by atoms with Crippen LogP contribution in [0.25, 0.3) is 10.9 Å². The van der Waals surface area contributed by atoms with Gasteiger partial charge >= 0.3 is 12.1 Å². The summed E-state index contributed by atoms with van der Waals surface area (Å²) in [5.41, 5.74) is 6.20. The Labute approximate surface area is 253 Å². The number of nitrogens with zero attached hydrogens (tertiary/aromatic N) is 4. The first-order chi connectivity index (χ1) is 20.8. The number of benzene rings is 2. The number of halogens is 3. The van der Waals surface area contributed by atoms with Crippen LogP contribution in [0.5, 0.6) is 17.2 Å². The van der Waals surface area contributed by atoms with E-state index < -0.39 is 17.7 Å². The number of nitrogens with one attached hydrogen (secondary N) is 1. The van der Waals surface area contributed by atoms with E-state index in [0.29, 0.717) is 35.4 Å². The van der Waals surface area contributed by atoms with Crippen molar-refractivity contribution >= 4 is 28.4 Å². The molecule has 2 aromatic heterocycles. The van der Waals surface area contributed by atoms with Crippen LogP contribution in [0.2, 0.25) is 0 Å². The number of aromatic carboxylic acids is 1. The quantitative estimate of drug-likeness (QED) is 0.220. The van der Waals surface area contributed by atoms with Crippen LogP contribution in [0.15, 0.2) is 54.7 Å². The summed E-state index contributed by atoms with van der Waals surface area (Å²) < 4.78 is 50.6. The van der Waals surface area contributed by atoms with Crippen LogP contribution in [-0.2, 0) is 19.8 Å². The van der Waals surface area contributed by atoms with Gasteiger partial charge in [0.25, 0.3) is 0 Å². The van der Waals surface area contributed by atoms with Gasteiger partial charge in [-0.05, 0) is 64.4 Å². The van der Waals surface area contributed by atoms with E-state index >= 15 is 0 Å². The summed E-state index contributed by atoms with van der Waals surface area (Å²) >= 11 is 0. The maximum Gasteiger partial charge on any atom is 0.416 e. The molecule has 1 saturated heterocycles. The molecule has 1 fully saturated rings. The average molecular weight is 615 g/mol. The molecule has 5 rings (SSSR count). The van der Waals surface area contributed by atoms with Crippen molar-refractivity contribution in [2.24, 2.45) is 7.05 Å². The molecular weight excluding hydrogens is 577 g/mol. The van der Waals surface area contributed by atoms with Crippen LogP contribution in [0.4, 0.5) is 24.7 Å². The Morgan fingerprint density at radius 1 is 1.18 bits per heavy atom. The number of likely N-dealkylation sites (N-methyl/N-ethyl adjacent to an activating group) is 1. The zero-order valence-corrected chi connectivity index (χ0v) is 25.3. The van der Waals surface area contributed by atoms with Crippen LogP contribution < -0.4 is 20.5 Å². The predicted molar refractivity (Wildman–Crippen MR) is 164 cm³/mol. The number of para-hydroxylation sites is 1. The maximum absolute atomic E-state index is 12.6. The average Bonchev–Trinajstić information content (AvgIpc) is 3.51. The van der Waals surface area contributed by atoms with Crippen molar-refractivity contribution in [1.29, 1.82) is 0 Å². The molecule has 4 aromatic rings. The van der Waals surface area contributed by atoms with Crippen LogP contribution in [-0.4, -0.2) is 77.8 Å². The molecule has 13 heteroatoms. The number of anilines is 2. The Balaban J connectivity index is 0.000000225. The largest absolute Gasteiger partial charge is 0.494 e. The van der Waals surface area contributed by atoms with E-state index in [1.165, 1.54) is 7.11 Å². The summed E-state index contributed by atoms with van der Waals surface area (Å²) in [6, 6.07) is 13.2. The van der Waals surface area contributed by atoms with Gasteiger partial charge in [0.05, 0.1) is 23.9 Å². The normalized spacial score (nSPS) is 15.2. The fraction of sp³-hybridized carbons (Fsp3) is 0.355. The van der Waals surface area contributed by atoms with Gasteiger partial charge < -0.3 is 40.0 Å². The number of pyridine rings is 1. The minimum Gasteiger partial charge on any atom is -0.494 e. The van der Waals surface area contributed by atoms with Crippen LogP contribution in [0.3, 0.4) is 0 Å². The molecule has 0 amide bonds. The summed E-state index contributed by atoms with van der Waals surface area (Å²) in [5, 5.41) is 13.6. The van der Waals surface area contributed by atoms with Gasteiger partial charge in [-0.2, -0.15) is 13.2 Å². The number of carbonyl (C=O) groups is 1. The van der Waals surface area contributed by atoms with Gasteiger partial charge in [0.15, 0.2) is 5.75 Å². The molecule has 1 aliphatic rings. The Kier molecular flexibility index (Phi) is 9.90. The smallest absolute Gasteiger partial charge is 0.416 e. The first-order valence-corrected chi connectivity index (χ1v) is 13.9. The lowest BCUT2D eigenvalue weighted by Gasteiger charge is -2.17. The zero-order valence-electron chi connectivity index (χ0n) is 25.3. The van der Waals surface area contributed by atoms with E-state index in [1.54, 1.807) is 48.9 Å². The number of hydrogen-bond acceptors (Lipinski definition) is 8. The van der Waals surface area contributed by atoms with Gasteiger partial charge in [0.2, 0.25) is 0 Å². The Morgan fingerprint density at radius 3 is 2.55 bits per heavy atom. The summed E-state index contributed by atoms with van der Waals surface area (Å²) in [4.78, 5) is 19.8. The zero-order chi connectivity index (χ0) is 32.2. The first kappa shape index (κ1) is 32.4. The third-order valence-corrected chi connectivity index (χ3v) is 7.15. The van der Waals surface area contributed by atoms with Crippen LogP contribution in [0.1, 0.15) is 28.0 Å². The number of aromatic nitrogens is 2. The first-order valence-electron chi connectivity index (χ1n) is 13.9. The fourth-order valence-corrected chi connectivity index (χ4v) is 5.19. The highest BCUT2D eigenvalue weighted by molar-refractivity contribution is 5.96. The Hall–Kier alpha value is -4.49. The second-order valence-corrected chi connectivity index (χ2v) is 11.0. The van der Waals surface area contributed by atoms with Crippen molar-refractivity contribution in [3.63, 3.8) is 0 Å². The number of methoxy groups -OCH3 is 1. The number of nitrogens with two attached hydrogens (primary N) is 1. The summed E-state index contributed by atoms with van der Waals surface area (Å²) in [7, 11) is 8.75. The maximum atomic E-state index is 12.6. The molecule has 1 atom stereocenters. The highest BCUT2D eigenvalue weighted by Gasteiger charge is 2.32. The summed E-state index contributed by atoms with van der Waals surface area (Å²) in [5.74, 6) is 1.38. The van der Waals surface area contributed by atoms with E-state index in [1.807, 2.05) is 24.3 Å². The minimum absolute atomic E-state index is 0.000764. The topological polar surface area (TPSA) is 118 Å². The van der Waals surface area contributed by atoms with Crippen molar-refractivity contribution in [3.8, 4) is 17.2 Å². The van der Waals surface area contributed by atoms with Crippen molar-refractivity contribution in [1.82, 2.24) is 19.4 Å². The van der Waals surface area contributed by atoms with Crippen molar-refractivity contribution in [2.75, 3.05) is 52.4 Å². The van der Waals surface area contributed by atoms with Gasteiger partial charge in [0, 0.05) is 49.4 Å². The second kappa shape index (κ2) is 13.4. The Morgan fingerprint density at radius 2 is 1.93 bits per heavy atom. The van der Waals surface area contributed by atoms with E-state index in [4.69, 9.17) is 15.2 Å². The van der Waals surface area contributed by atoms with E-state index in [2.05, 4.69) is 22.2 Å². The fourth-order valence-electron chi connectivity index (χ4n) is 5.19. The standard InChI is InChI=1S/C20H22N4O3.C11H15F3N2O/c1-23-9-7-14(12-23)22-18-11-15(6-8-21-18)27-17-5-3-4-13-10-16(20(25)26)24(2)19(13)17;1-16(2)6-7-4-8(11(12,13)14)5-9(15)10(7)17-3/h3-6,8,10-11,14H,7,9,12H2,1-2H3,(H,21,22)(H,25,26);4-5H,6,15H2,1-3H3. The number of carboxylic acid groups (broad SMARTS) is 1. The number of carboxylic acids is 1. The van der Waals surface area contributed by atoms with Crippen molar-refractivity contribution in [3.05, 3.63) is 71.5 Å². The molecule has 0 radical (unpaired) electrons. The molecule has 10 nitrogen and oxygen atoms in total. The highest BCUT2D eigenvalue weighted by Crippen LogP contribution is 2.37. The highest BCUT2D eigenvalue weighted by atomic mass is 19.4. The molecule has 3 heterocycles. The molecular formula is C31H37F3N6O4. The minimum atomic E-state index is -4.40. The lowest BCUT2D eigenvalue weighted by molar-refractivity contribution is -0.137. The lowest BCUT2D eigenvalue weighted by atomic mass is 10.1. The van der Waals surface area contributed by atoms with E-state index in [-0.39, 0.29) is 11.4 Å². The van der Waals surface area contributed by atoms with Crippen molar-refractivity contribution in [2.45, 2.75) is 25.2 Å². The molecule has 0 saturated carbocycles. The van der Waals surface area contributed by atoms with E-state index in [0.717, 1.165) is 48.4 Å². The third-order valence-electron chi connectivity index (χ3n) is 7.15. The molecule has 2 aromatic carbocycles. The Bertz CT molecular complexity index is 1620. The second-order valence-electron chi connectivity index (χ2n) is 11.0. The molecule has 236 valence electrons. The number of ether oxygens (including phenoxy) is 2. The third kappa shape index (κ3) is 7.71. The number of hydrogen-bond donors (Lipinski definition) is 3. The molecule has 4 N–H and O–H groups in total. The van der Waals surface area contributed by atoms with Gasteiger partial charge in [-0.15, -0.1) is 0 Å². The van der Waals surface area contributed by atoms with Crippen LogP contribution in [0, 0.1) is 0 Å². The summed E-state index contributed by atoms with van der Waals surface area (Å²) in [6.45, 7) is 2.40. The number of alkyl halides is 3. The van der Waals surface area contributed by atoms with Crippen LogP contribution >= 0.6 is 0 Å². The molecule has 1 aliphatic heterocycles. The molecule has 1 unspecified atom stereocenters. The van der Waals surface area contributed by atoms with Gasteiger partial charge in [-0.1, -0.05) is 12.1 Å². The predicted octanol–water partition coefficient (Wildman–Crippen LogP) is 5.54. The molecule has 0 aliphatic carbocycles. The van der Waals surface area contributed by atoms with E-state index in [9.17, 15) is 23.1 Å². The molecule has 0 spiro atoms. The molecule has 44 heavy (non-hydrogen) atoms. The lowest BCUT2D eigenvalue weighted by Crippen LogP contribution is -2.23. The van der Waals surface area contributed by atoms with Crippen molar-refractivity contribution < 1.29 is 32.5 Å². The monoisotopic (exact) mass is 614 g/mol. The van der Waals surface area contributed by atoms with Gasteiger partial charge in [-0.3, -0.25) is 0 Å². The SMILES string of the molecule is CN1CCC(Nc2cc(Oc3cccc4cc(C(=O)O)n(C)c34)ccn2)C1.COc1c(N)cc(C(F)(F)F)cc1CN(C)C. The number of nitrogen functional groups attached to an aromatic ring is 1. The number of fused-ring (bicyclic) bond motifs is 1. The number of aryl methyl sites for hydroxylation is 1. The van der Waals surface area contributed by atoms with Gasteiger partial charge in [-0.25, -0.2) is 9.78 Å². The summed E-state index contributed by atoms with van der Waals surface area (Å²) in [6.07, 6.45) is -1.60. The number of likely N-dealkylation sites (tertiary alicyclic amines) is 1.